The van der Waals surface area contributed by atoms with Crippen LogP contribution in [-0.2, 0) is 9.59 Å². The van der Waals surface area contributed by atoms with Crippen LogP contribution < -0.4 is 15.0 Å². The molecule has 2 heterocycles. The van der Waals surface area contributed by atoms with Crippen LogP contribution in [0.5, 0.6) is 5.75 Å². The Hall–Kier alpha value is -1.79. The zero-order chi connectivity index (χ0) is 18.7. The summed E-state index contributed by atoms with van der Waals surface area (Å²) >= 11 is 6.09. The number of anilines is 1. The minimum Gasteiger partial charge on any atom is -0.495 e. The van der Waals surface area contributed by atoms with Gasteiger partial charge in [-0.2, -0.15) is 0 Å². The van der Waals surface area contributed by atoms with Crippen molar-refractivity contribution in [3.8, 4) is 5.75 Å². The molecule has 2 aliphatic rings. The number of rotatable bonds is 5. The van der Waals surface area contributed by atoms with Crippen LogP contribution in [0.15, 0.2) is 18.2 Å². The molecule has 6 nitrogen and oxygen atoms in total. The average Bonchev–Trinajstić information content (AvgIpc) is 3.03. The van der Waals surface area contributed by atoms with Crippen LogP contribution in [-0.4, -0.2) is 57.1 Å². The van der Waals surface area contributed by atoms with Crippen LogP contribution in [0.2, 0.25) is 5.02 Å². The fourth-order valence-corrected chi connectivity index (χ4v) is 4.05. The van der Waals surface area contributed by atoms with Crippen molar-refractivity contribution < 1.29 is 14.3 Å². The summed E-state index contributed by atoms with van der Waals surface area (Å²) < 4.78 is 5.35. The lowest BCUT2D eigenvalue weighted by Crippen LogP contribution is -2.43. The Kier molecular flexibility index (Phi) is 6.04. The molecular weight excluding hydrogens is 354 g/mol. The van der Waals surface area contributed by atoms with Crippen LogP contribution in [0.25, 0.3) is 0 Å². The lowest BCUT2D eigenvalue weighted by molar-refractivity contribution is -0.137. The van der Waals surface area contributed by atoms with Crippen molar-refractivity contribution in [2.24, 2.45) is 11.8 Å². The van der Waals surface area contributed by atoms with Crippen molar-refractivity contribution in [3.05, 3.63) is 23.2 Å². The quantitative estimate of drug-likeness (QED) is 0.851. The first kappa shape index (κ1) is 19.0. The summed E-state index contributed by atoms with van der Waals surface area (Å²) in [6, 6.07) is 5.18. The molecule has 0 saturated carbocycles. The Bertz CT molecular complexity index is 674. The van der Waals surface area contributed by atoms with Crippen LogP contribution in [0.3, 0.4) is 0 Å². The van der Waals surface area contributed by atoms with E-state index in [1.54, 1.807) is 30.2 Å². The summed E-state index contributed by atoms with van der Waals surface area (Å²) in [4.78, 5) is 29.0. The van der Waals surface area contributed by atoms with Gasteiger partial charge in [0.2, 0.25) is 11.8 Å². The molecular formula is C19H26ClN3O3. The first-order chi connectivity index (χ1) is 12.5. The van der Waals surface area contributed by atoms with E-state index in [2.05, 4.69) is 5.32 Å². The van der Waals surface area contributed by atoms with E-state index >= 15 is 0 Å². The molecule has 0 aliphatic carbocycles. The molecule has 1 atom stereocenters. The predicted molar refractivity (Wildman–Crippen MR) is 102 cm³/mol. The van der Waals surface area contributed by atoms with Gasteiger partial charge in [-0.25, -0.2) is 0 Å². The number of hydrogen-bond donors (Lipinski definition) is 1. The predicted octanol–water partition coefficient (Wildman–Crippen LogP) is 2.16. The summed E-state index contributed by atoms with van der Waals surface area (Å²) in [6.45, 7) is 2.92. The second-order valence-electron chi connectivity index (χ2n) is 7.05. The monoisotopic (exact) mass is 379 g/mol. The molecule has 2 aliphatic heterocycles. The van der Waals surface area contributed by atoms with Gasteiger partial charge in [-0.05, 0) is 50.6 Å². The minimum absolute atomic E-state index is 0.0611. The van der Waals surface area contributed by atoms with Gasteiger partial charge >= 0.3 is 0 Å². The number of carbonyl (C=O) groups is 2. The minimum atomic E-state index is -0.299. The molecule has 26 heavy (non-hydrogen) atoms. The third-order valence-corrected chi connectivity index (χ3v) is 5.56. The number of ether oxygens (including phenoxy) is 1. The molecule has 2 saturated heterocycles. The summed E-state index contributed by atoms with van der Waals surface area (Å²) in [5.74, 6) is 0.941. The molecule has 0 spiro atoms. The number of piperidine rings is 1. The van der Waals surface area contributed by atoms with E-state index in [0.29, 0.717) is 28.9 Å². The Morgan fingerprint density at radius 1 is 1.35 bits per heavy atom. The van der Waals surface area contributed by atoms with Gasteiger partial charge in [0.25, 0.3) is 0 Å². The van der Waals surface area contributed by atoms with Crippen LogP contribution in [0.4, 0.5) is 5.69 Å². The van der Waals surface area contributed by atoms with Crippen molar-refractivity contribution in [2.75, 3.05) is 45.2 Å². The largest absolute Gasteiger partial charge is 0.495 e. The normalized spacial score (nSPS) is 21.3. The number of nitrogens with zero attached hydrogens (tertiary/aromatic N) is 2. The average molecular weight is 380 g/mol. The number of methoxy groups -OCH3 is 1. The van der Waals surface area contributed by atoms with Gasteiger partial charge in [-0.15, -0.1) is 0 Å². The lowest BCUT2D eigenvalue weighted by atomic mass is 9.95. The van der Waals surface area contributed by atoms with Crippen molar-refractivity contribution >= 4 is 29.1 Å². The van der Waals surface area contributed by atoms with E-state index in [9.17, 15) is 9.59 Å². The fraction of sp³-hybridized carbons (Fsp3) is 0.579. The van der Waals surface area contributed by atoms with Crippen molar-refractivity contribution in [2.45, 2.75) is 19.3 Å². The molecule has 1 aromatic carbocycles. The number of benzene rings is 1. The van der Waals surface area contributed by atoms with E-state index in [4.69, 9.17) is 16.3 Å². The van der Waals surface area contributed by atoms with Gasteiger partial charge in [0.1, 0.15) is 5.75 Å². The van der Waals surface area contributed by atoms with E-state index in [1.165, 1.54) is 0 Å². The van der Waals surface area contributed by atoms with Gasteiger partial charge in [0.05, 0.1) is 18.7 Å². The van der Waals surface area contributed by atoms with Gasteiger partial charge in [0.15, 0.2) is 0 Å². The van der Waals surface area contributed by atoms with Crippen LogP contribution >= 0.6 is 11.6 Å². The first-order valence-corrected chi connectivity index (χ1v) is 9.48. The second kappa shape index (κ2) is 8.27. The van der Waals surface area contributed by atoms with Crippen molar-refractivity contribution in [1.82, 2.24) is 10.2 Å². The Balaban J connectivity index is 1.66. The Morgan fingerprint density at radius 3 is 2.73 bits per heavy atom. The van der Waals surface area contributed by atoms with Crippen molar-refractivity contribution in [1.29, 1.82) is 0 Å². The van der Waals surface area contributed by atoms with Gasteiger partial charge < -0.3 is 19.9 Å². The third-order valence-electron chi connectivity index (χ3n) is 5.32. The SMILES string of the molecule is CNCC1CCN(C(=O)C2CC(=O)N(c3cc(Cl)ccc3OC)C2)CC1. The standard InChI is InChI=1S/C19H26ClN3O3/c1-21-11-13-5-7-22(8-6-13)19(25)14-9-18(24)23(12-14)16-10-15(20)3-4-17(16)26-2/h3-4,10,13-14,21H,5-9,11-12H2,1-2H3. The first-order valence-electron chi connectivity index (χ1n) is 9.10. The van der Waals surface area contributed by atoms with Crippen LogP contribution in [0.1, 0.15) is 19.3 Å². The maximum absolute atomic E-state index is 12.9. The number of likely N-dealkylation sites (tertiary alicyclic amines) is 1. The third kappa shape index (κ3) is 3.96. The van der Waals surface area contributed by atoms with Gasteiger partial charge in [0, 0.05) is 31.1 Å². The van der Waals surface area contributed by atoms with Crippen molar-refractivity contribution in [3.63, 3.8) is 0 Å². The highest BCUT2D eigenvalue weighted by molar-refractivity contribution is 6.31. The molecule has 1 aromatic rings. The maximum atomic E-state index is 12.9. The number of amides is 2. The van der Waals surface area contributed by atoms with Crippen LogP contribution in [0, 0.1) is 11.8 Å². The maximum Gasteiger partial charge on any atom is 0.228 e. The molecule has 2 amide bonds. The summed E-state index contributed by atoms with van der Waals surface area (Å²) in [5, 5.41) is 3.74. The molecule has 1 N–H and O–H groups in total. The highest BCUT2D eigenvalue weighted by atomic mass is 35.5. The van der Waals surface area contributed by atoms with E-state index < -0.39 is 0 Å². The number of halogens is 1. The molecule has 0 aromatic heterocycles. The second-order valence-corrected chi connectivity index (χ2v) is 7.48. The number of carbonyl (C=O) groups excluding carboxylic acids is 2. The molecule has 3 rings (SSSR count). The zero-order valence-corrected chi connectivity index (χ0v) is 16.1. The molecule has 0 bridgehead atoms. The summed E-state index contributed by atoms with van der Waals surface area (Å²) in [6.07, 6.45) is 2.27. The topological polar surface area (TPSA) is 61.9 Å². The highest BCUT2D eigenvalue weighted by Crippen LogP contribution is 2.35. The van der Waals surface area contributed by atoms with Gasteiger partial charge in [-0.1, -0.05) is 11.6 Å². The van der Waals surface area contributed by atoms with E-state index in [1.807, 2.05) is 11.9 Å². The molecule has 2 fully saturated rings. The smallest absolute Gasteiger partial charge is 0.228 e. The van der Waals surface area contributed by atoms with E-state index in [-0.39, 0.29) is 24.2 Å². The molecule has 7 heteroatoms. The molecule has 1 unspecified atom stereocenters. The Labute approximate surface area is 159 Å². The van der Waals surface area contributed by atoms with E-state index in [0.717, 1.165) is 32.5 Å². The molecule has 0 radical (unpaired) electrons. The van der Waals surface area contributed by atoms with Gasteiger partial charge in [-0.3, -0.25) is 9.59 Å². The zero-order valence-electron chi connectivity index (χ0n) is 15.3. The highest BCUT2D eigenvalue weighted by Gasteiger charge is 2.39. The number of nitrogens with one attached hydrogen (secondary N) is 1. The lowest BCUT2D eigenvalue weighted by Gasteiger charge is -2.33. The Morgan fingerprint density at radius 2 is 2.08 bits per heavy atom. The number of hydrogen-bond acceptors (Lipinski definition) is 4. The summed E-state index contributed by atoms with van der Waals surface area (Å²) in [5.41, 5.74) is 0.632. The summed E-state index contributed by atoms with van der Waals surface area (Å²) in [7, 11) is 3.52. The molecule has 142 valence electrons. The fourth-order valence-electron chi connectivity index (χ4n) is 3.88.